The van der Waals surface area contributed by atoms with E-state index in [1.807, 2.05) is 6.08 Å². The molecule has 11 heteroatoms. The number of nitrogens with zero attached hydrogens (tertiary/aromatic N) is 2. The summed E-state index contributed by atoms with van der Waals surface area (Å²) in [5.74, 6) is -2.38. The van der Waals surface area contributed by atoms with Crippen LogP contribution in [0.1, 0.15) is 33.1 Å². The number of nitrogens with one attached hydrogen (secondary N) is 2. The van der Waals surface area contributed by atoms with Gasteiger partial charge in [0.25, 0.3) is 0 Å². The molecule has 3 amide bonds. The number of carbonyl (C=O) groups is 3. The molecule has 1 aromatic rings. The molecule has 0 radical (unpaired) electrons. The maximum absolute atomic E-state index is 14.2. The minimum atomic E-state index is -1.23. The van der Waals surface area contributed by atoms with Crippen molar-refractivity contribution in [3.8, 4) is 0 Å². The van der Waals surface area contributed by atoms with E-state index in [1.165, 1.54) is 18.2 Å². The van der Waals surface area contributed by atoms with Crippen molar-refractivity contribution >= 4 is 35.0 Å². The number of hydrogen-bond acceptors (Lipinski definition) is 6. The number of amides is 3. The summed E-state index contributed by atoms with van der Waals surface area (Å²) in [6.45, 7) is 8.10. The van der Waals surface area contributed by atoms with E-state index >= 15 is 0 Å². The molecular formula is C30H38ClFN4O5. The number of carbonyl (C=O) groups excluding carboxylic acids is 3. The van der Waals surface area contributed by atoms with Crippen LogP contribution in [0.15, 0.2) is 30.4 Å². The molecule has 3 saturated heterocycles. The zero-order chi connectivity index (χ0) is 28.9. The molecular weight excluding hydrogens is 551 g/mol. The summed E-state index contributed by atoms with van der Waals surface area (Å²) in [6.07, 6.45) is 6.05. The Hall–Kier alpha value is -2.53. The number of anilines is 1. The van der Waals surface area contributed by atoms with Crippen LogP contribution in [0, 0.1) is 29.5 Å². The van der Waals surface area contributed by atoms with Gasteiger partial charge in [-0.05, 0) is 36.5 Å². The smallest absolute Gasteiger partial charge is 0.246 e. The van der Waals surface area contributed by atoms with Gasteiger partial charge in [0.05, 0.1) is 36.2 Å². The Morgan fingerprint density at radius 1 is 1.15 bits per heavy atom. The Balaban J connectivity index is 1.27. The highest BCUT2D eigenvalue weighted by molar-refractivity contribution is 6.31. The number of ether oxygens (including phenoxy) is 2. The maximum Gasteiger partial charge on any atom is 0.246 e. The van der Waals surface area contributed by atoms with Gasteiger partial charge < -0.3 is 25.0 Å². The van der Waals surface area contributed by atoms with Crippen molar-refractivity contribution in [2.75, 3.05) is 44.7 Å². The van der Waals surface area contributed by atoms with Crippen LogP contribution < -0.4 is 10.6 Å². The van der Waals surface area contributed by atoms with Gasteiger partial charge in [0.1, 0.15) is 17.5 Å². The van der Waals surface area contributed by atoms with Crippen molar-refractivity contribution in [1.82, 2.24) is 15.1 Å². The number of fused-ring (bicyclic) bond motifs is 1. The highest BCUT2D eigenvalue weighted by atomic mass is 35.5. The van der Waals surface area contributed by atoms with Crippen molar-refractivity contribution in [3.05, 3.63) is 41.2 Å². The molecule has 6 rings (SSSR count). The van der Waals surface area contributed by atoms with Crippen molar-refractivity contribution in [2.45, 2.75) is 56.9 Å². The van der Waals surface area contributed by atoms with E-state index in [0.29, 0.717) is 43.8 Å². The maximum atomic E-state index is 14.2. The lowest BCUT2D eigenvalue weighted by molar-refractivity contribution is -0.142. The molecule has 4 fully saturated rings. The van der Waals surface area contributed by atoms with Crippen molar-refractivity contribution in [3.63, 3.8) is 0 Å². The van der Waals surface area contributed by atoms with Crippen LogP contribution in [0.5, 0.6) is 0 Å². The van der Waals surface area contributed by atoms with Crippen LogP contribution in [0.2, 0.25) is 5.02 Å². The molecule has 5 aliphatic rings. The molecule has 1 aliphatic carbocycles. The summed E-state index contributed by atoms with van der Waals surface area (Å²) < 4.78 is 25.6. The van der Waals surface area contributed by atoms with Gasteiger partial charge >= 0.3 is 0 Å². The van der Waals surface area contributed by atoms with E-state index in [1.54, 1.807) is 11.0 Å². The summed E-state index contributed by atoms with van der Waals surface area (Å²) >= 11 is 5.92. The van der Waals surface area contributed by atoms with Crippen LogP contribution in [-0.4, -0.2) is 90.7 Å². The zero-order valence-electron chi connectivity index (χ0n) is 23.5. The molecule has 222 valence electrons. The normalized spacial score (nSPS) is 36.4. The van der Waals surface area contributed by atoms with Crippen molar-refractivity contribution in [2.24, 2.45) is 23.7 Å². The lowest BCUT2D eigenvalue weighted by Gasteiger charge is -2.38. The predicted molar refractivity (Wildman–Crippen MR) is 151 cm³/mol. The molecule has 1 aromatic carbocycles. The highest BCUT2D eigenvalue weighted by Gasteiger charge is 2.72. The Labute approximate surface area is 244 Å². The molecule has 1 spiro atoms. The van der Waals surface area contributed by atoms with Gasteiger partial charge in [-0.1, -0.05) is 50.4 Å². The number of halogens is 2. The number of hydrogen-bond donors (Lipinski definition) is 2. The average molecular weight is 589 g/mol. The SMILES string of the molecule is C[C@@H]1[C@H](C)CCC[C@@H]1NC(=O)[C@@H]1N(CCN2CCOCC2)C(=O)[C@H]2[C@H](C(=O)Nc3ccc(F)c(Cl)c3)[C@H]3C=C[C@@]12O3. The first kappa shape index (κ1) is 28.6. The third kappa shape index (κ3) is 5.07. The Morgan fingerprint density at radius 3 is 2.68 bits per heavy atom. The topological polar surface area (TPSA) is 100 Å². The van der Waals surface area contributed by atoms with Gasteiger partial charge in [0, 0.05) is 37.9 Å². The lowest BCUT2D eigenvalue weighted by Crippen LogP contribution is -2.58. The fraction of sp³-hybridized carbons (Fsp3) is 0.633. The van der Waals surface area contributed by atoms with E-state index in [0.717, 1.165) is 32.4 Å². The minimum absolute atomic E-state index is 0.0165. The second-order valence-corrected chi connectivity index (χ2v) is 12.6. The number of rotatable bonds is 7. The van der Waals surface area contributed by atoms with E-state index in [9.17, 15) is 18.8 Å². The van der Waals surface area contributed by atoms with Crippen LogP contribution in [0.3, 0.4) is 0 Å². The second kappa shape index (κ2) is 11.3. The largest absolute Gasteiger partial charge is 0.379 e. The molecule has 4 heterocycles. The summed E-state index contributed by atoms with van der Waals surface area (Å²) in [6, 6.07) is 3.07. The van der Waals surface area contributed by atoms with Crippen molar-refractivity contribution in [1.29, 1.82) is 0 Å². The molecule has 9 nitrogen and oxygen atoms in total. The van der Waals surface area contributed by atoms with Crippen LogP contribution in [-0.2, 0) is 23.9 Å². The third-order valence-electron chi connectivity index (χ3n) is 9.91. The zero-order valence-corrected chi connectivity index (χ0v) is 24.2. The Morgan fingerprint density at radius 2 is 1.93 bits per heavy atom. The first-order chi connectivity index (χ1) is 19.7. The summed E-state index contributed by atoms with van der Waals surface area (Å²) in [5, 5.41) is 5.96. The molecule has 0 aromatic heterocycles. The van der Waals surface area contributed by atoms with Gasteiger partial charge in [-0.25, -0.2) is 4.39 Å². The molecule has 2 bridgehead atoms. The average Bonchev–Trinajstić information content (AvgIpc) is 3.60. The van der Waals surface area contributed by atoms with Gasteiger partial charge in [0.15, 0.2) is 0 Å². The Bertz CT molecular complexity index is 1240. The van der Waals surface area contributed by atoms with Crippen LogP contribution in [0.25, 0.3) is 0 Å². The van der Waals surface area contributed by atoms with E-state index in [2.05, 4.69) is 29.4 Å². The molecule has 2 N–H and O–H groups in total. The van der Waals surface area contributed by atoms with Crippen LogP contribution >= 0.6 is 11.6 Å². The highest BCUT2D eigenvalue weighted by Crippen LogP contribution is 2.55. The van der Waals surface area contributed by atoms with Gasteiger partial charge in [-0.15, -0.1) is 0 Å². The van der Waals surface area contributed by atoms with E-state index < -0.39 is 41.3 Å². The quantitative estimate of drug-likeness (QED) is 0.475. The predicted octanol–water partition coefficient (Wildman–Crippen LogP) is 2.84. The van der Waals surface area contributed by atoms with E-state index in [-0.39, 0.29) is 22.9 Å². The first-order valence-electron chi connectivity index (χ1n) is 14.7. The van der Waals surface area contributed by atoms with Crippen LogP contribution in [0.4, 0.5) is 10.1 Å². The monoisotopic (exact) mass is 588 g/mol. The van der Waals surface area contributed by atoms with Gasteiger partial charge in [-0.2, -0.15) is 0 Å². The van der Waals surface area contributed by atoms with Gasteiger partial charge in [0.2, 0.25) is 17.7 Å². The summed E-state index contributed by atoms with van der Waals surface area (Å²) in [5.41, 5.74) is -0.908. The summed E-state index contributed by atoms with van der Waals surface area (Å²) in [4.78, 5) is 45.8. The fourth-order valence-corrected chi connectivity index (χ4v) is 7.61. The second-order valence-electron chi connectivity index (χ2n) is 12.2. The number of morpholine rings is 1. The van der Waals surface area contributed by atoms with Gasteiger partial charge in [-0.3, -0.25) is 19.3 Å². The third-order valence-corrected chi connectivity index (χ3v) is 10.2. The molecule has 4 aliphatic heterocycles. The van der Waals surface area contributed by atoms with E-state index in [4.69, 9.17) is 21.1 Å². The fourth-order valence-electron chi connectivity index (χ4n) is 7.43. The standard InChI is InChI=1S/C30H38ClFN4O5/c1-17-4-3-5-22(18(17)2)34-28(38)26-30-9-8-23(41-30)24(27(37)33-19-6-7-21(32)20(31)16-19)25(30)29(39)36(26)11-10-35-12-14-40-15-13-35/h6-9,16-18,22-26H,3-5,10-15H2,1-2H3,(H,33,37)(H,34,38)/t17-,18-,22+,23-,24-,25-,26+,30+/m1/s1. The Kier molecular flexibility index (Phi) is 7.86. The molecule has 0 unspecified atom stereocenters. The minimum Gasteiger partial charge on any atom is -0.379 e. The molecule has 8 atom stereocenters. The van der Waals surface area contributed by atoms with Crippen molar-refractivity contribution < 1.29 is 28.2 Å². The lowest BCUT2D eigenvalue weighted by atomic mass is 9.73. The molecule has 41 heavy (non-hydrogen) atoms. The number of likely N-dealkylation sites (tertiary alicyclic amines) is 1. The first-order valence-corrected chi connectivity index (χ1v) is 15.1. The summed E-state index contributed by atoms with van der Waals surface area (Å²) in [7, 11) is 0. The molecule has 1 saturated carbocycles. The number of benzene rings is 1.